The second kappa shape index (κ2) is 7.61. The monoisotopic (exact) mass is 346 g/mol. The van der Waals surface area contributed by atoms with Gasteiger partial charge < -0.3 is 9.64 Å². The predicted octanol–water partition coefficient (Wildman–Crippen LogP) is 3.85. The van der Waals surface area contributed by atoms with E-state index in [0.717, 1.165) is 36.5 Å². The Morgan fingerprint density at radius 1 is 1.16 bits per heavy atom. The molecule has 0 N–H and O–H groups in total. The van der Waals surface area contributed by atoms with Crippen LogP contribution in [0.4, 0.5) is 0 Å². The third kappa shape index (κ3) is 4.16. The number of nitrogens with zero attached hydrogens (tertiary/aromatic N) is 2. The van der Waals surface area contributed by atoms with Crippen LogP contribution in [0.1, 0.15) is 59.3 Å². The van der Waals surface area contributed by atoms with Gasteiger partial charge in [-0.1, -0.05) is 19.9 Å². The van der Waals surface area contributed by atoms with E-state index >= 15 is 0 Å². The zero-order valence-electron chi connectivity index (χ0n) is 16.5. The molecule has 0 amide bonds. The molecule has 4 nitrogen and oxygen atoms in total. The molecule has 4 heteroatoms. The van der Waals surface area contributed by atoms with Crippen LogP contribution in [0.5, 0.6) is 0 Å². The zero-order valence-corrected chi connectivity index (χ0v) is 16.5. The first-order chi connectivity index (χ1) is 11.8. The minimum absolute atomic E-state index is 0.0413. The molecule has 0 aromatic carbocycles. The Morgan fingerprint density at radius 2 is 1.92 bits per heavy atom. The highest BCUT2D eigenvalue weighted by Gasteiger charge is 2.38. The van der Waals surface area contributed by atoms with Gasteiger partial charge in [0.1, 0.15) is 6.10 Å². The highest BCUT2D eigenvalue weighted by Crippen LogP contribution is 2.35. The molecule has 0 aromatic heterocycles. The minimum Gasteiger partial charge on any atom is -0.458 e. The molecule has 6 atom stereocenters. The number of carbonyl (C=O) groups is 1. The van der Waals surface area contributed by atoms with E-state index in [9.17, 15) is 4.79 Å². The van der Waals surface area contributed by atoms with E-state index < -0.39 is 0 Å². The summed E-state index contributed by atoms with van der Waals surface area (Å²) in [5.41, 5.74) is 1.60. The lowest BCUT2D eigenvalue weighted by atomic mass is 9.79. The summed E-state index contributed by atoms with van der Waals surface area (Å²) in [5, 5.41) is 0. The van der Waals surface area contributed by atoms with Crippen LogP contribution in [0.2, 0.25) is 0 Å². The molecule has 2 saturated carbocycles. The number of carbonyl (C=O) groups excluding carboxylic acids is 1. The average molecular weight is 347 g/mol. The molecule has 0 bridgehead atoms. The fraction of sp³-hybridized carbons (Fsp3) is 0.810. The van der Waals surface area contributed by atoms with E-state index in [1.54, 1.807) is 0 Å². The molecule has 3 rings (SSSR count). The highest BCUT2D eigenvalue weighted by molar-refractivity contribution is 6.19. The van der Waals surface area contributed by atoms with Gasteiger partial charge in [-0.05, 0) is 65.0 Å². The van der Waals surface area contributed by atoms with Crippen LogP contribution in [0, 0.1) is 17.8 Å². The Hall–Kier alpha value is -1.16. The first-order valence-corrected chi connectivity index (χ1v) is 9.99. The van der Waals surface area contributed by atoms with Crippen molar-refractivity contribution < 1.29 is 9.53 Å². The second-order valence-electron chi connectivity index (χ2n) is 8.80. The normalized spacial score (nSPS) is 39.7. The predicted molar refractivity (Wildman–Crippen MR) is 102 cm³/mol. The lowest BCUT2D eigenvalue weighted by Crippen LogP contribution is -2.44. The fourth-order valence-electron chi connectivity index (χ4n) is 4.84. The van der Waals surface area contributed by atoms with Gasteiger partial charge in [-0.3, -0.25) is 4.99 Å². The van der Waals surface area contributed by atoms with E-state index in [-0.39, 0.29) is 12.1 Å². The number of esters is 1. The van der Waals surface area contributed by atoms with Gasteiger partial charge in [-0.25, -0.2) is 4.79 Å². The van der Waals surface area contributed by atoms with E-state index in [0.29, 0.717) is 23.9 Å². The van der Waals surface area contributed by atoms with Crippen LogP contribution in [0.15, 0.2) is 16.6 Å². The molecular weight excluding hydrogens is 312 g/mol. The van der Waals surface area contributed by atoms with Gasteiger partial charge in [0.25, 0.3) is 0 Å². The highest BCUT2D eigenvalue weighted by atomic mass is 16.5. The van der Waals surface area contributed by atoms with Crippen molar-refractivity contribution in [1.82, 2.24) is 4.90 Å². The molecule has 2 fully saturated rings. The Labute approximate surface area is 152 Å². The first-order valence-electron chi connectivity index (χ1n) is 9.99. The lowest BCUT2D eigenvalue weighted by Gasteiger charge is -2.39. The van der Waals surface area contributed by atoms with Gasteiger partial charge in [0.15, 0.2) is 0 Å². The maximum atomic E-state index is 12.6. The summed E-state index contributed by atoms with van der Waals surface area (Å²) in [6, 6.07) is 0.871. The Balaban J connectivity index is 1.72. The largest absolute Gasteiger partial charge is 0.458 e. The van der Waals surface area contributed by atoms with Crippen molar-refractivity contribution >= 4 is 11.7 Å². The number of hydrogen-bond donors (Lipinski definition) is 0. The summed E-state index contributed by atoms with van der Waals surface area (Å²) >= 11 is 0. The molecule has 3 aliphatic rings. The van der Waals surface area contributed by atoms with Crippen molar-refractivity contribution in [2.45, 2.75) is 77.5 Å². The molecule has 1 aliphatic heterocycles. The standard InChI is InChI=1S/C21H34N2O2/c1-13-6-9-19(14(2)10-13)22-15(3)18-11-16-7-8-17(23(4)5)12-20(16)25-21(18)24/h11,13-14,16-17,19-20H,6-10,12H2,1-5H3. The van der Waals surface area contributed by atoms with Gasteiger partial charge in [0.2, 0.25) is 0 Å². The van der Waals surface area contributed by atoms with Gasteiger partial charge in [-0.15, -0.1) is 0 Å². The van der Waals surface area contributed by atoms with E-state index in [4.69, 9.17) is 9.73 Å². The van der Waals surface area contributed by atoms with Gasteiger partial charge >= 0.3 is 5.97 Å². The Kier molecular flexibility index (Phi) is 5.67. The summed E-state index contributed by atoms with van der Waals surface area (Å²) in [6.07, 6.45) is 9.03. The molecule has 0 aromatic rings. The first kappa shape index (κ1) is 18.6. The maximum absolute atomic E-state index is 12.6. The third-order valence-corrected chi connectivity index (χ3v) is 6.54. The molecule has 0 radical (unpaired) electrons. The van der Waals surface area contributed by atoms with Crippen LogP contribution >= 0.6 is 0 Å². The number of aliphatic imine (C=N–C) groups is 1. The SMILES string of the molecule is CC(=NC1CCC(C)CC1C)C1=CC2CCC(N(C)C)CC2OC1=O. The van der Waals surface area contributed by atoms with Crippen LogP contribution in [0.25, 0.3) is 0 Å². The van der Waals surface area contributed by atoms with Gasteiger partial charge in [-0.2, -0.15) is 0 Å². The minimum atomic E-state index is -0.168. The summed E-state index contributed by atoms with van der Waals surface area (Å²) in [7, 11) is 4.22. The smallest absolute Gasteiger partial charge is 0.339 e. The fourth-order valence-corrected chi connectivity index (χ4v) is 4.84. The summed E-state index contributed by atoms with van der Waals surface area (Å²) < 4.78 is 5.82. The number of hydrogen-bond acceptors (Lipinski definition) is 4. The Morgan fingerprint density at radius 3 is 2.60 bits per heavy atom. The van der Waals surface area contributed by atoms with Crippen LogP contribution in [0.3, 0.4) is 0 Å². The molecular formula is C21H34N2O2. The molecule has 25 heavy (non-hydrogen) atoms. The van der Waals surface area contributed by atoms with Crippen LogP contribution in [-0.2, 0) is 9.53 Å². The molecule has 2 aliphatic carbocycles. The van der Waals surface area contributed by atoms with Crippen molar-refractivity contribution in [2.24, 2.45) is 22.7 Å². The van der Waals surface area contributed by atoms with Crippen LogP contribution < -0.4 is 0 Å². The van der Waals surface area contributed by atoms with Gasteiger partial charge in [0.05, 0.1) is 11.6 Å². The zero-order chi connectivity index (χ0) is 18.1. The van der Waals surface area contributed by atoms with Crippen molar-refractivity contribution in [3.63, 3.8) is 0 Å². The molecule has 0 spiro atoms. The quantitative estimate of drug-likeness (QED) is 0.576. The molecule has 1 heterocycles. The molecule has 140 valence electrons. The molecule has 0 saturated heterocycles. The van der Waals surface area contributed by atoms with E-state index in [2.05, 4.69) is 38.9 Å². The summed E-state index contributed by atoms with van der Waals surface area (Å²) in [4.78, 5) is 19.8. The van der Waals surface area contributed by atoms with Gasteiger partial charge in [0, 0.05) is 24.1 Å². The number of ether oxygens (including phenoxy) is 1. The topological polar surface area (TPSA) is 41.9 Å². The van der Waals surface area contributed by atoms with E-state index in [1.165, 1.54) is 19.3 Å². The third-order valence-electron chi connectivity index (χ3n) is 6.54. The van der Waals surface area contributed by atoms with Crippen LogP contribution in [-0.4, -0.2) is 48.9 Å². The average Bonchev–Trinajstić information content (AvgIpc) is 2.56. The summed E-state index contributed by atoms with van der Waals surface area (Å²) in [6.45, 7) is 6.61. The van der Waals surface area contributed by atoms with Crippen molar-refractivity contribution in [1.29, 1.82) is 0 Å². The maximum Gasteiger partial charge on any atom is 0.339 e. The number of rotatable bonds is 3. The van der Waals surface area contributed by atoms with E-state index in [1.807, 2.05) is 6.92 Å². The molecule has 6 unspecified atom stereocenters. The lowest BCUT2D eigenvalue weighted by molar-refractivity contribution is -0.150. The van der Waals surface area contributed by atoms with Crippen molar-refractivity contribution in [3.8, 4) is 0 Å². The van der Waals surface area contributed by atoms with Crippen molar-refractivity contribution in [3.05, 3.63) is 11.6 Å². The summed E-state index contributed by atoms with van der Waals surface area (Å²) in [5.74, 6) is 1.59. The number of fused-ring (bicyclic) bond motifs is 1. The Bertz CT molecular complexity index is 566. The van der Waals surface area contributed by atoms with Crippen molar-refractivity contribution in [2.75, 3.05) is 14.1 Å². The second-order valence-corrected chi connectivity index (χ2v) is 8.80.